The smallest absolute Gasteiger partial charge is 0.116 e. The molecule has 0 amide bonds. The van der Waals surface area contributed by atoms with Crippen molar-refractivity contribution in [3.8, 4) is 0 Å². The topological polar surface area (TPSA) is 18.8 Å². The molecule has 0 saturated heterocycles. The normalized spacial score (nSPS) is 16.2. The lowest BCUT2D eigenvalue weighted by Gasteiger charge is -2.35. The van der Waals surface area contributed by atoms with Crippen molar-refractivity contribution in [2.45, 2.75) is 0 Å². The van der Waals surface area contributed by atoms with Crippen LogP contribution in [0.4, 0.5) is 5.69 Å². The molecule has 0 aliphatic carbocycles. The monoisotopic (exact) mass is 323 g/mol. The molecule has 0 aromatic heterocycles. The summed E-state index contributed by atoms with van der Waals surface area (Å²) in [6.07, 6.45) is 11.6. The van der Waals surface area contributed by atoms with Gasteiger partial charge in [0, 0.05) is 11.2 Å². The molecule has 92 valence electrons. The summed E-state index contributed by atoms with van der Waals surface area (Å²) in [5.74, 6) is 0. The minimum absolute atomic E-state index is 0. The molecule has 2 heterocycles. The van der Waals surface area contributed by atoms with Crippen LogP contribution in [0, 0.1) is 0 Å². The van der Waals surface area contributed by atoms with Crippen molar-refractivity contribution >= 4 is 40.6 Å². The highest BCUT2D eigenvalue weighted by molar-refractivity contribution is 8.93. The molecule has 1 aromatic carbocycles. The van der Waals surface area contributed by atoms with E-state index in [9.17, 15) is 0 Å². The van der Waals surface area contributed by atoms with Crippen LogP contribution in [0.2, 0.25) is 5.02 Å². The lowest BCUT2D eigenvalue weighted by atomic mass is 10.3. The van der Waals surface area contributed by atoms with E-state index in [1.807, 2.05) is 64.9 Å². The van der Waals surface area contributed by atoms with Gasteiger partial charge in [0.2, 0.25) is 0 Å². The van der Waals surface area contributed by atoms with E-state index in [1.165, 1.54) is 0 Å². The van der Waals surface area contributed by atoms with Crippen LogP contribution in [0.5, 0.6) is 0 Å². The minimum Gasteiger partial charge on any atom is -0.254 e. The van der Waals surface area contributed by atoms with Gasteiger partial charge in [0.1, 0.15) is 6.34 Å². The van der Waals surface area contributed by atoms with Gasteiger partial charge in [-0.3, -0.25) is 5.01 Å². The Morgan fingerprint density at radius 2 is 1.78 bits per heavy atom. The van der Waals surface area contributed by atoms with Crippen LogP contribution in [-0.4, -0.2) is 11.3 Å². The van der Waals surface area contributed by atoms with Gasteiger partial charge in [-0.1, -0.05) is 17.7 Å². The Balaban J connectivity index is 0.00000120. The van der Waals surface area contributed by atoms with E-state index >= 15 is 0 Å². The van der Waals surface area contributed by atoms with Gasteiger partial charge in [-0.25, -0.2) is 10.0 Å². The van der Waals surface area contributed by atoms with Gasteiger partial charge >= 0.3 is 0 Å². The zero-order valence-electron chi connectivity index (χ0n) is 9.40. The predicted octanol–water partition coefficient (Wildman–Crippen LogP) is 3.91. The van der Waals surface area contributed by atoms with E-state index in [0.29, 0.717) is 0 Å². The predicted molar refractivity (Wildman–Crippen MR) is 80.9 cm³/mol. The van der Waals surface area contributed by atoms with Crippen LogP contribution in [0.1, 0.15) is 0 Å². The summed E-state index contributed by atoms with van der Waals surface area (Å²) in [6.45, 7) is 0. The number of allylic oxidation sites excluding steroid dienone is 3. The molecule has 18 heavy (non-hydrogen) atoms. The van der Waals surface area contributed by atoms with Crippen molar-refractivity contribution in [1.82, 2.24) is 5.01 Å². The Morgan fingerprint density at radius 1 is 1.00 bits per heavy atom. The van der Waals surface area contributed by atoms with Crippen LogP contribution in [0.15, 0.2) is 65.6 Å². The number of halogens is 2. The lowest BCUT2D eigenvalue weighted by molar-refractivity contribution is 0.495. The van der Waals surface area contributed by atoms with E-state index in [4.69, 9.17) is 11.6 Å². The zero-order chi connectivity index (χ0) is 11.7. The van der Waals surface area contributed by atoms with Crippen molar-refractivity contribution < 1.29 is 0 Å². The first kappa shape index (κ1) is 12.9. The number of anilines is 1. The Morgan fingerprint density at radius 3 is 2.56 bits per heavy atom. The molecule has 3 nitrogen and oxygen atoms in total. The minimum atomic E-state index is 0. The van der Waals surface area contributed by atoms with Crippen molar-refractivity contribution in [3.63, 3.8) is 0 Å². The standard InChI is InChI=1S/C13H10ClN3.BrH/c14-11-4-6-12(7-5-11)17-10-15-9-13-3-1-2-8-16(13)17;/h1-10H;1H. The maximum absolute atomic E-state index is 5.89. The summed E-state index contributed by atoms with van der Waals surface area (Å²) in [7, 11) is 0. The Bertz CT molecular complexity index is 546. The van der Waals surface area contributed by atoms with E-state index < -0.39 is 0 Å². The molecule has 0 bridgehead atoms. The Kier molecular flexibility index (Phi) is 3.89. The van der Waals surface area contributed by atoms with Gasteiger partial charge in [0.25, 0.3) is 0 Å². The molecule has 0 fully saturated rings. The van der Waals surface area contributed by atoms with Gasteiger partial charge in [0.05, 0.1) is 17.6 Å². The fraction of sp³-hybridized carbons (Fsp3) is 0. The van der Waals surface area contributed by atoms with Gasteiger partial charge < -0.3 is 0 Å². The molecular formula is C13H11BrClN3. The number of fused-ring (bicyclic) bond motifs is 1. The molecule has 0 saturated carbocycles. The van der Waals surface area contributed by atoms with Gasteiger partial charge in [0.15, 0.2) is 0 Å². The zero-order valence-corrected chi connectivity index (χ0v) is 11.9. The van der Waals surface area contributed by atoms with Crippen LogP contribution in [0.25, 0.3) is 0 Å². The highest BCUT2D eigenvalue weighted by Crippen LogP contribution is 2.25. The molecule has 2 aliphatic rings. The summed E-state index contributed by atoms with van der Waals surface area (Å²) in [4.78, 5) is 4.22. The van der Waals surface area contributed by atoms with Crippen LogP contribution in [-0.2, 0) is 0 Å². The highest BCUT2D eigenvalue weighted by Gasteiger charge is 2.18. The molecule has 5 heteroatoms. The second-order valence-corrected chi connectivity index (χ2v) is 4.12. The number of aliphatic imine (C=N–C) groups is 1. The number of rotatable bonds is 1. The first-order chi connectivity index (χ1) is 8.34. The quantitative estimate of drug-likeness (QED) is 0.780. The highest BCUT2D eigenvalue weighted by atomic mass is 79.9. The van der Waals surface area contributed by atoms with E-state index in [2.05, 4.69) is 4.99 Å². The molecule has 2 aliphatic heterocycles. The average molecular weight is 325 g/mol. The van der Waals surface area contributed by atoms with Crippen molar-refractivity contribution in [2.75, 3.05) is 5.01 Å². The van der Waals surface area contributed by atoms with Crippen molar-refractivity contribution in [1.29, 1.82) is 0 Å². The number of hydrogen-bond donors (Lipinski definition) is 0. The van der Waals surface area contributed by atoms with E-state index in [0.717, 1.165) is 16.4 Å². The second-order valence-electron chi connectivity index (χ2n) is 3.68. The summed E-state index contributed by atoms with van der Waals surface area (Å²) < 4.78 is 0. The molecular weight excluding hydrogens is 314 g/mol. The summed E-state index contributed by atoms with van der Waals surface area (Å²) in [5, 5.41) is 4.72. The molecule has 0 N–H and O–H groups in total. The molecule has 0 unspecified atom stereocenters. The lowest BCUT2D eigenvalue weighted by Crippen LogP contribution is -2.39. The fourth-order valence-corrected chi connectivity index (χ4v) is 1.89. The maximum atomic E-state index is 5.89. The fourth-order valence-electron chi connectivity index (χ4n) is 1.76. The Hall–Kier alpha value is -1.52. The molecule has 0 atom stereocenters. The molecule has 0 radical (unpaired) electrons. The van der Waals surface area contributed by atoms with Crippen LogP contribution >= 0.6 is 28.6 Å². The first-order valence-corrected chi connectivity index (χ1v) is 5.65. The summed E-state index contributed by atoms with van der Waals surface area (Å²) >= 11 is 5.89. The van der Waals surface area contributed by atoms with Crippen molar-refractivity contribution in [2.24, 2.45) is 4.99 Å². The SMILES string of the molecule is Br.Clc1ccc(N2C=NC=C3C=CC=CN32)cc1. The number of hydrogen-bond acceptors (Lipinski definition) is 3. The van der Waals surface area contributed by atoms with Gasteiger partial charge in [-0.05, 0) is 36.4 Å². The summed E-state index contributed by atoms with van der Waals surface area (Å²) in [5.41, 5.74) is 2.05. The number of hydrazine groups is 1. The largest absolute Gasteiger partial charge is 0.254 e. The number of benzene rings is 1. The van der Waals surface area contributed by atoms with E-state index in [-0.39, 0.29) is 17.0 Å². The van der Waals surface area contributed by atoms with Crippen molar-refractivity contribution in [3.05, 3.63) is 65.6 Å². The third kappa shape index (κ3) is 2.35. The first-order valence-electron chi connectivity index (χ1n) is 5.27. The third-order valence-corrected chi connectivity index (χ3v) is 2.83. The summed E-state index contributed by atoms with van der Waals surface area (Å²) in [6, 6.07) is 7.66. The third-order valence-electron chi connectivity index (χ3n) is 2.58. The molecule has 3 rings (SSSR count). The molecule has 0 spiro atoms. The van der Waals surface area contributed by atoms with Crippen LogP contribution < -0.4 is 5.01 Å². The second kappa shape index (κ2) is 5.42. The van der Waals surface area contributed by atoms with Crippen LogP contribution in [0.3, 0.4) is 0 Å². The number of nitrogens with zero attached hydrogens (tertiary/aromatic N) is 3. The maximum Gasteiger partial charge on any atom is 0.116 e. The van der Waals surface area contributed by atoms with Gasteiger partial charge in [-0.2, -0.15) is 0 Å². The Labute approximate surface area is 121 Å². The average Bonchev–Trinajstić information content (AvgIpc) is 2.39. The van der Waals surface area contributed by atoms with Gasteiger partial charge in [-0.15, -0.1) is 17.0 Å². The van der Waals surface area contributed by atoms with E-state index in [1.54, 1.807) is 6.34 Å². The molecule has 1 aromatic rings.